The number of primary amides is 1. The fourth-order valence-corrected chi connectivity index (χ4v) is 1.92. The van der Waals surface area contributed by atoms with Gasteiger partial charge in [-0.15, -0.1) is 0 Å². The van der Waals surface area contributed by atoms with Crippen molar-refractivity contribution < 1.29 is 4.79 Å². The highest BCUT2D eigenvalue weighted by molar-refractivity contribution is 5.83. The standard InChI is InChI=1S/C16H18N2O/c1-12-7-9-14(10-8-12)18-15(16(17)19)11-13-5-3-2-4-6-13/h2-10,15,18H,11H2,1H3,(H2,17,19). The number of nitrogens with one attached hydrogen (secondary N) is 1. The van der Waals surface area contributed by atoms with Gasteiger partial charge in [-0.2, -0.15) is 0 Å². The van der Waals surface area contributed by atoms with Crippen molar-refractivity contribution in [1.82, 2.24) is 0 Å². The number of anilines is 1. The van der Waals surface area contributed by atoms with Crippen molar-refractivity contribution in [2.45, 2.75) is 19.4 Å². The molecule has 2 aromatic rings. The SMILES string of the molecule is Cc1ccc(NC(Cc2ccccc2)C(N)=O)cc1. The van der Waals surface area contributed by atoms with Gasteiger partial charge in [0.2, 0.25) is 5.91 Å². The van der Waals surface area contributed by atoms with Crippen molar-refractivity contribution in [3.8, 4) is 0 Å². The van der Waals surface area contributed by atoms with Crippen molar-refractivity contribution in [3.05, 3.63) is 65.7 Å². The summed E-state index contributed by atoms with van der Waals surface area (Å²) in [4.78, 5) is 11.5. The van der Waals surface area contributed by atoms with Gasteiger partial charge in [-0.1, -0.05) is 48.0 Å². The van der Waals surface area contributed by atoms with E-state index in [1.807, 2.05) is 61.5 Å². The second-order valence-electron chi connectivity index (χ2n) is 4.66. The smallest absolute Gasteiger partial charge is 0.240 e. The molecular formula is C16H18N2O. The van der Waals surface area contributed by atoms with E-state index in [9.17, 15) is 4.79 Å². The highest BCUT2D eigenvalue weighted by Crippen LogP contribution is 2.12. The molecule has 1 amide bonds. The molecule has 0 spiro atoms. The minimum Gasteiger partial charge on any atom is -0.373 e. The monoisotopic (exact) mass is 254 g/mol. The summed E-state index contributed by atoms with van der Waals surface area (Å²) in [5.41, 5.74) is 8.64. The number of carbonyl (C=O) groups excluding carboxylic acids is 1. The predicted octanol–water partition coefficient (Wildman–Crippen LogP) is 2.50. The van der Waals surface area contributed by atoms with Crippen LogP contribution in [-0.2, 0) is 11.2 Å². The maximum Gasteiger partial charge on any atom is 0.240 e. The Kier molecular flexibility index (Phi) is 4.18. The average Bonchev–Trinajstić information content (AvgIpc) is 2.41. The van der Waals surface area contributed by atoms with Crippen LogP contribution in [0.25, 0.3) is 0 Å². The van der Waals surface area contributed by atoms with Gasteiger partial charge in [0, 0.05) is 12.1 Å². The molecule has 3 nitrogen and oxygen atoms in total. The number of hydrogen-bond donors (Lipinski definition) is 2. The molecule has 0 radical (unpaired) electrons. The highest BCUT2D eigenvalue weighted by Gasteiger charge is 2.15. The molecule has 0 saturated carbocycles. The van der Waals surface area contributed by atoms with Gasteiger partial charge in [0.1, 0.15) is 6.04 Å². The van der Waals surface area contributed by atoms with Gasteiger partial charge in [0.05, 0.1) is 0 Å². The van der Waals surface area contributed by atoms with Crippen LogP contribution in [0.5, 0.6) is 0 Å². The van der Waals surface area contributed by atoms with Crippen LogP contribution in [0.1, 0.15) is 11.1 Å². The summed E-state index contributed by atoms with van der Waals surface area (Å²) < 4.78 is 0. The van der Waals surface area contributed by atoms with Crippen molar-refractivity contribution in [1.29, 1.82) is 0 Å². The van der Waals surface area contributed by atoms with E-state index in [2.05, 4.69) is 5.32 Å². The number of amides is 1. The van der Waals surface area contributed by atoms with Crippen LogP contribution < -0.4 is 11.1 Å². The Morgan fingerprint density at radius 2 is 1.74 bits per heavy atom. The zero-order chi connectivity index (χ0) is 13.7. The third kappa shape index (κ3) is 3.85. The lowest BCUT2D eigenvalue weighted by Gasteiger charge is -2.17. The van der Waals surface area contributed by atoms with Gasteiger partial charge >= 0.3 is 0 Å². The van der Waals surface area contributed by atoms with E-state index in [4.69, 9.17) is 5.73 Å². The highest BCUT2D eigenvalue weighted by atomic mass is 16.1. The number of aryl methyl sites for hydroxylation is 1. The molecule has 1 atom stereocenters. The van der Waals surface area contributed by atoms with E-state index in [1.165, 1.54) is 5.56 Å². The summed E-state index contributed by atoms with van der Waals surface area (Å²) in [6, 6.07) is 17.4. The third-order valence-corrected chi connectivity index (χ3v) is 3.02. The van der Waals surface area contributed by atoms with Crippen molar-refractivity contribution in [2.24, 2.45) is 5.73 Å². The molecule has 3 heteroatoms. The first-order valence-electron chi connectivity index (χ1n) is 6.31. The number of benzene rings is 2. The molecule has 0 aliphatic carbocycles. The molecule has 0 aliphatic heterocycles. The Bertz CT molecular complexity index is 534. The number of nitrogens with two attached hydrogens (primary N) is 1. The lowest BCUT2D eigenvalue weighted by atomic mass is 10.1. The lowest BCUT2D eigenvalue weighted by Crippen LogP contribution is -2.37. The molecule has 0 aromatic heterocycles. The van der Waals surface area contributed by atoms with Gasteiger partial charge in [-0.25, -0.2) is 0 Å². The van der Waals surface area contributed by atoms with Gasteiger partial charge < -0.3 is 11.1 Å². The zero-order valence-corrected chi connectivity index (χ0v) is 11.0. The Morgan fingerprint density at radius 1 is 1.11 bits per heavy atom. The number of hydrogen-bond acceptors (Lipinski definition) is 2. The zero-order valence-electron chi connectivity index (χ0n) is 11.0. The molecule has 0 saturated heterocycles. The first-order chi connectivity index (χ1) is 9.15. The van der Waals surface area contributed by atoms with Gasteiger partial charge in [0.15, 0.2) is 0 Å². The fraction of sp³-hybridized carbons (Fsp3) is 0.188. The second-order valence-corrected chi connectivity index (χ2v) is 4.66. The predicted molar refractivity (Wildman–Crippen MR) is 77.9 cm³/mol. The van der Waals surface area contributed by atoms with Crippen LogP contribution in [0.3, 0.4) is 0 Å². The third-order valence-electron chi connectivity index (χ3n) is 3.02. The van der Waals surface area contributed by atoms with E-state index in [-0.39, 0.29) is 5.91 Å². The molecule has 1 unspecified atom stereocenters. The summed E-state index contributed by atoms with van der Waals surface area (Å²) in [5.74, 6) is -0.343. The Morgan fingerprint density at radius 3 is 2.32 bits per heavy atom. The van der Waals surface area contributed by atoms with Crippen LogP contribution >= 0.6 is 0 Å². The van der Waals surface area contributed by atoms with Crippen molar-refractivity contribution in [2.75, 3.05) is 5.32 Å². The molecule has 19 heavy (non-hydrogen) atoms. The van der Waals surface area contributed by atoms with Gasteiger partial charge in [0.25, 0.3) is 0 Å². The fourth-order valence-electron chi connectivity index (χ4n) is 1.92. The van der Waals surface area contributed by atoms with E-state index < -0.39 is 6.04 Å². The molecular weight excluding hydrogens is 236 g/mol. The molecule has 2 rings (SSSR count). The minimum atomic E-state index is -0.398. The normalized spacial score (nSPS) is 11.8. The summed E-state index contributed by atoms with van der Waals surface area (Å²) in [5, 5.41) is 3.18. The molecule has 98 valence electrons. The van der Waals surface area contributed by atoms with E-state index >= 15 is 0 Å². The molecule has 0 bridgehead atoms. The molecule has 0 heterocycles. The topological polar surface area (TPSA) is 55.1 Å². The Hall–Kier alpha value is -2.29. The average molecular weight is 254 g/mol. The van der Waals surface area contributed by atoms with Crippen molar-refractivity contribution >= 4 is 11.6 Å². The number of carbonyl (C=O) groups is 1. The van der Waals surface area contributed by atoms with Crippen LogP contribution in [-0.4, -0.2) is 11.9 Å². The minimum absolute atomic E-state index is 0.343. The van der Waals surface area contributed by atoms with Crippen molar-refractivity contribution in [3.63, 3.8) is 0 Å². The summed E-state index contributed by atoms with van der Waals surface area (Å²) >= 11 is 0. The van der Waals surface area contributed by atoms with Crippen LogP contribution in [0.4, 0.5) is 5.69 Å². The van der Waals surface area contributed by atoms with Gasteiger partial charge in [-0.05, 0) is 24.6 Å². The first kappa shape index (κ1) is 13.1. The maximum absolute atomic E-state index is 11.5. The second kappa shape index (κ2) is 6.05. The van der Waals surface area contributed by atoms with E-state index in [1.54, 1.807) is 0 Å². The molecule has 2 aromatic carbocycles. The van der Waals surface area contributed by atoms with Crippen LogP contribution in [0.15, 0.2) is 54.6 Å². The molecule has 0 aliphatic rings. The number of rotatable bonds is 5. The van der Waals surface area contributed by atoms with Crippen LogP contribution in [0.2, 0.25) is 0 Å². The molecule has 0 fully saturated rings. The lowest BCUT2D eigenvalue weighted by molar-refractivity contribution is -0.118. The largest absolute Gasteiger partial charge is 0.373 e. The maximum atomic E-state index is 11.5. The van der Waals surface area contributed by atoms with E-state index in [0.29, 0.717) is 6.42 Å². The molecule has 3 N–H and O–H groups in total. The van der Waals surface area contributed by atoms with Crippen LogP contribution in [0, 0.1) is 6.92 Å². The summed E-state index contributed by atoms with van der Waals surface area (Å²) in [6.45, 7) is 2.03. The van der Waals surface area contributed by atoms with Gasteiger partial charge in [-0.3, -0.25) is 4.79 Å². The summed E-state index contributed by atoms with van der Waals surface area (Å²) in [7, 11) is 0. The quantitative estimate of drug-likeness (QED) is 0.861. The Labute approximate surface area is 113 Å². The van der Waals surface area contributed by atoms with E-state index in [0.717, 1.165) is 11.3 Å². The first-order valence-corrected chi connectivity index (χ1v) is 6.31. The Balaban J connectivity index is 2.08. The summed E-state index contributed by atoms with van der Waals surface area (Å²) in [6.07, 6.45) is 0.587.